The number of hydrogen-bond donors (Lipinski definition) is 3. The van der Waals surface area contributed by atoms with Gasteiger partial charge in [0.2, 0.25) is 0 Å². The highest BCUT2D eigenvalue weighted by Crippen LogP contribution is 2.21. The first-order valence-corrected chi connectivity index (χ1v) is 6.93. The average Bonchev–Trinajstić information content (AvgIpc) is 2.35. The fourth-order valence-corrected chi connectivity index (χ4v) is 2.25. The van der Waals surface area contributed by atoms with Crippen molar-refractivity contribution >= 4 is 15.9 Å². The second kappa shape index (κ2) is 7.84. The zero-order chi connectivity index (χ0) is 13.5. The molecule has 0 aromatic heterocycles. The Balaban J connectivity index is 2.81. The Hall–Kier alpha value is -0.490. The quantitative estimate of drug-likeness (QED) is 0.723. The molecule has 0 bridgehead atoms. The van der Waals surface area contributed by atoms with Crippen LogP contribution in [-0.4, -0.2) is 24.3 Å². The van der Waals surface area contributed by atoms with Crippen molar-refractivity contribution in [1.82, 2.24) is 5.32 Å². The molecule has 0 saturated carbocycles. The minimum atomic E-state index is -0.272. The molecular formula is C13H20BrFN2O. The molecule has 0 heterocycles. The molecule has 2 unspecified atom stereocenters. The van der Waals surface area contributed by atoms with Gasteiger partial charge in [0, 0.05) is 35.3 Å². The predicted molar refractivity (Wildman–Crippen MR) is 74.8 cm³/mol. The molecule has 0 amide bonds. The summed E-state index contributed by atoms with van der Waals surface area (Å²) >= 11 is 3.23. The first-order valence-electron chi connectivity index (χ1n) is 6.14. The molecule has 0 spiro atoms. The SMILES string of the molecule is CCC(CCO)NC(CN)c1ccc(Br)cc1F. The van der Waals surface area contributed by atoms with Gasteiger partial charge in [-0.2, -0.15) is 0 Å². The van der Waals surface area contributed by atoms with Crippen LogP contribution in [0.5, 0.6) is 0 Å². The molecule has 18 heavy (non-hydrogen) atoms. The van der Waals surface area contributed by atoms with E-state index in [0.717, 1.165) is 6.42 Å². The van der Waals surface area contributed by atoms with Gasteiger partial charge in [0.25, 0.3) is 0 Å². The van der Waals surface area contributed by atoms with Crippen LogP contribution in [0.4, 0.5) is 4.39 Å². The van der Waals surface area contributed by atoms with Crippen molar-refractivity contribution in [2.45, 2.75) is 31.8 Å². The molecule has 1 aromatic rings. The van der Waals surface area contributed by atoms with Gasteiger partial charge in [0.15, 0.2) is 0 Å². The highest BCUT2D eigenvalue weighted by atomic mass is 79.9. The summed E-state index contributed by atoms with van der Waals surface area (Å²) in [6, 6.07) is 4.89. The van der Waals surface area contributed by atoms with E-state index in [1.165, 1.54) is 6.07 Å². The molecule has 2 atom stereocenters. The topological polar surface area (TPSA) is 58.3 Å². The highest BCUT2D eigenvalue weighted by Gasteiger charge is 2.17. The van der Waals surface area contributed by atoms with Crippen molar-refractivity contribution in [3.63, 3.8) is 0 Å². The summed E-state index contributed by atoms with van der Waals surface area (Å²) in [5.74, 6) is -0.272. The molecule has 1 rings (SSSR count). The van der Waals surface area contributed by atoms with Gasteiger partial charge >= 0.3 is 0 Å². The second-order valence-corrected chi connectivity index (χ2v) is 5.15. The van der Waals surface area contributed by atoms with E-state index in [1.54, 1.807) is 12.1 Å². The van der Waals surface area contributed by atoms with Gasteiger partial charge < -0.3 is 16.2 Å². The Labute approximate surface area is 116 Å². The van der Waals surface area contributed by atoms with Crippen LogP contribution in [-0.2, 0) is 0 Å². The van der Waals surface area contributed by atoms with Gasteiger partial charge in [-0.25, -0.2) is 4.39 Å². The van der Waals surface area contributed by atoms with Gasteiger partial charge in [-0.15, -0.1) is 0 Å². The van der Waals surface area contributed by atoms with E-state index in [1.807, 2.05) is 6.92 Å². The monoisotopic (exact) mass is 318 g/mol. The third-order valence-corrected chi connectivity index (χ3v) is 3.47. The number of rotatable bonds is 7. The van der Waals surface area contributed by atoms with Crippen LogP contribution in [0.3, 0.4) is 0 Å². The van der Waals surface area contributed by atoms with Crippen molar-refractivity contribution in [2.24, 2.45) is 5.73 Å². The molecule has 4 N–H and O–H groups in total. The highest BCUT2D eigenvalue weighted by molar-refractivity contribution is 9.10. The average molecular weight is 319 g/mol. The summed E-state index contributed by atoms with van der Waals surface area (Å²) in [5, 5.41) is 12.3. The Bertz CT molecular complexity index is 376. The number of benzene rings is 1. The van der Waals surface area contributed by atoms with Crippen LogP contribution in [0.2, 0.25) is 0 Å². The van der Waals surface area contributed by atoms with Gasteiger partial charge in [-0.05, 0) is 25.0 Å². The summed E-state index contributed by atoms with van der Waals surface area (Å²) < 4.78 is 14.6. The number of aliphatic hydroxyl groups excluding tert-OH is 1. The molecule has 0 fully saturated rings. The first-order chi connectivity index (χ1) is 8.62. The molecule has 1 aromatic carbocycles. The number of halogens is 2. The van der Waals surface area contributed by atoms with Crippen LogP contribution in [0.25, 0.3) is 0 Å². The van der Waals surface area contributed by atoms with Crippen LogP contribution in [0, 0.1) is 5.82 Å². The van der Waals surface area contributed by atoms with Crippen LogP contribution < -0.4 is 11.1 Å². The smallest absolute Gasteiger partial charge is 0.129 e. The summed E-state index contributed by atoms with van der Waals surface area (Å²) in [6.07, 6.45) is 1.51. The Morgan fingerprint density at radius 2 is 2.22 bits per heavy atom. The molecular weight excluding hydrogens is 299 g/mol. The summed E-state index contributed by atoms with van der Waals surface area (Å²) in [5.41, 5.74) is 6.27. The van der Waals surface area contributed by atoms with E-state index in [9.17, 15) is 4.39 Å². The van der Waals surface area contributed by atoms with Gasteiger partial charge in [0.1, 0.15) is 5.82 Å². The van der Waals surface area contributed by atoms with Crippen LogP contribution in [0.1, 0.15) is 31.4 Å². The maximum Gasteiger partial charge on any atom is 0.129 e. The molecule has 0 radical (unpaired) electrons. The molecule has 3 nitrogen and oxygen atoms in total. The lowest BCUT2D eigenvalue weighted by Crippen LogP contribution is -2.37. The Morgan fingerprint density at radius 1 is 1.50 bits per heavy atom. The zero-order valence-electron chi connectivity index (χ0n) is 10.5. The molecule has 0 aliphatic carbocycles. The summed E-state index contributed by atoms with van der Waals surface area (Å²) in [6.45, 7) is 2.46. The summed E-state index contributed by atoms with van der Waals surface area (Å²) in [4.78, 5) is 0. The zero-order valence-corrected chi connectivity index (χ0v) is 12.1. The maximum absolute atomic E-state index is 13.9. The van der Waals surface area contributed by atoms with E-state index < -0.39 is 0 Å². The van der Waals surface area contributed by atoms with Gasteiger partial charge in [-0.3, -0.25) is 0 Å². The molecule has 5 heteroatoms. The molecule has 0 aliphatic rings. The van der Waals surface area contributed by atoms with E-state index in [4.69, 9.17) is 10.8 Å². The Morgan fingerprint density at radius 3 is 2.72 bits per heavy atom. The molecule has 0 saturated heterocycles. The number of aliphatic hydroxyl groups is 1. The summed E-state index contributed by atoms with van der Waals surface area (Å²) in [7, 11) is 0. The first kappa shape index (κ1) is 15.6. The van der Waals surface area contributed by atoms with Crippen molar-refractivity contribution in [2.75, 3.05) is 13.2 Å². The normalized spacial score (nSPS) is 14.5. The van der Waals surface area contributed by atoms with Gasteiger partial charge in [0.05, 0.1) is 0 Å². The third kappa shape index (κ3) is 4.31. The lowest BCUT2D eigenvalue weighted by Gasteiger charge is -2.24. The van der Waals surface area contributed by atoms with E-state index in [2.05, 4.69) is 21.2 Å². The second-order valence-electron chi connectivity index (χ2n) is 4.24. The van der Waals surface area contributed by atoms with Crippen molar-refractivity contribution < 1.29 is 9.50 Å². The van der Waals surface area contributed by atoms with E-state index >= 15 is 0 Å². The number of nitrogens with two attached hydrogens (primary N) is 1. The van der Waals surface area contributed by atoms with E-state index in [0.29, 0.717) is 23.0 Å². The van der Waals surface area contributed by atoms with Crippen LogP contribution >= 0.6 is 15.9 Å². The molecule has 0 aliphatic heterocycles. The van der Waals surface area contributed by atoms with Crippen molar-refractivity contribution in [1.29, 1.82) is 0 Å². The lowest BCUT2D eigenvalue weighted by atomic mass is 10.0. The lowest BCUT2D eigenvalue weighted by molar-refractivity contribution is 0.255. The fraction of sp³-hybridized carbons (Fsp3) is 0.538. The maximum atomic E-state index is 13.9. The molecule has 102 valence electrons. The fourth-order valence-electron chi connectivity index (χ4n) is 1.91. The van der Waals surface area contributed by atoms with Crippen molar-refractivity contribution in [3.8, 4) is 0 Å². The number of hydrogen-bond acceptors (Lipinski definition) is 3. The minimum Gasteiger partial charge on any atom is -0.396 e. The largest absolute Gasteiger partial charge is 0.396 e. The van der Waals surface area contributed by atoms with Crippen LogP contribution in [0.15, 0.2) is 22.7 Å². The third-order valence-electron chi connectivity index (χ3n) is 2.98. The van der Waals surface area contributed by atoms with Gasteiger partial charge in [-0.1, -0.05) is 28.9 Å². The van der Waals surface area contributed by atoms with Crippen molar-refractivity contribution in [3.05, 3.63) is 34.1 Å². The Kier molecular flexibility index (Phi) is 6.78. The van der Waals surface area contributed by atoms with E-state index in [-0.39, 0.29) is 24.5 Å². The standard InChI is InChI=1S/C13H20BrFN2O/c1-2-10(5-6-18)17-13(8-16)11-4-3-9(14)7-12(11)15/h3-4,7,10,13,17-18H,2,5-6,8,16H2,1H3. The predicted octanol–water partition coefficient (Wildman–Crippen LogP) is 2.34. The number of nitrogens with one attached hydrogen (secondary N) is 1. The minimum absolute atomic E-state index is 0.117.